The van der Waals surface area contributed by atoms with Crippen molar-refractivity contribution in [2.45, 2.75) is 45.0 Å². The zero-order chi connectivity index (χ0) is 12.9. The van der Waals surface area contributed by atoms with Gasteiger partial charge in [-0.05, 0) is 51.2 Å². The largest absolute Gasteiger partial charge is 0.308 e. The molecule has 1 saturated carbocycles. The van der Waals surface area contributed by atoms with E-state index in [9.17, 15) is 0 Å². The van der Waals surface area contributed by atoms with Crippen molar-refractivity contribution in [1.29, 1.82) is 0 Å². The summed E-state index contributed by atoms with van der Waals surface area (Å²) in [5.74, 6) is 1.71. The van der Waals surface area contributed by atoms with Crippen molar-refractivity contribution in [1.82, 2.24) is 14.5 Å². The van der Waals surface area contributed by atoms with E-state index in [0.717, 1.165) is 28.5 Å². The predicted octanol–water partition coefficient (Wildman–Crippen LogP) is 4.01. The summed E-state index contributed by atoms with van der Waals surface area (Å²) in [6.07, 6.45) is 4.52. The lowest BCUT2D eigenvalue weighted by Crippen LogP contribution is -2.12. The number of aromatic nitrogens is 3. The van der Waals surface area contributed by atoms with E-state index in [1.54, 1.807) is 0 Å². The van der Waals surface area contributed by atoms with Gasteiger partial charge in [0.2, 0.25) is 0 Å². The molecule has 0 N–H and O–H groups in total. The van der Waals surface area contributed by atoms with Crippen LogP contribution >= 0.6 is 11.6 Å². The summed E-state index contributed by atoms with van der Waals surface area (Å²) in [5.41, 5.74) is 3.08. The maximum absolute atomic E-state index is 6.28. The Hall–Kier alpha value is -1.09. The van der Waals surface area contributed by atoms with E-state index in [1.807, 2.05) is 20.0 Å². The first-order chi connectivity index (χ1) is 8.58. The molecular weight excluding hydrogens is 246 g/mol. The molecule has 1 fully saturated rings. The van der Waals surface area contributed by atoms with Gasteiger partial charge in [-0.2, -0.15) is 0 Å². The summed E-state index contributed by atoms with van der Waals surface area (Å²) in [7, 11) is 0. The van der Waals surface area contributed by atoms with Crippen molar-refractivity contribution in [2.75, 3.05) is 0 Å². The minimum atomic E-state index is -0.0827. The molecule has 96 valence electrons. The van der Waals surface area contributed by atoms with Crippen molar-refractivity contribution in [2.24, 2.45) is 5.92 Å². The zero-order valence-electron chi connectivity index (χ0n) is 11.0. The molecule has 4 heteroatoms. The topological polar surface area (TPSA) is 30.7 Å². The van der Waals surface area contributed by atoms with Gasteiger partial charge in [-0.1, -0.05) is 0 Å². The lowest BCUT2D eigenvalue weighted by molar-refractivity contribution is 0.477. The SMILES string of the molecule is Cc1cnc2c(c1)nc(C(C)Cl)n2C(C)C1CC1. The molecule has 0 amide bonds. The minimum absolute atomic E-state index is 0.0827. The van der Waals surface area contributed by atoms with Gasteiger partial charge in [0.1, 0.15) is 11.3 Å². The Kier molecular flexibility index (Phi) is 2.81. The molecule has 2 unspecified atom stereocenters. The van der Waals surface area contributed by atoms with Crippen molar-refractivity contribution in [3.05, 3.63) is 23.7 Å². The standard InChI is InChI=1S/C14H18ClN3/c1-8-6-12-14(16-7-8)18(10(3)11-4-5-11)13(17-12)9(2)15/h6-7,9-11H,4-5H2,1-3H3. The third kappa shape index (κ3) is 1.91. The Morgan fingerprint density at radius 3 is 2.72 bits per heavy atom. The van der Waals surface area contributed by atoms with Crippen LogP contribution in [0, 0.1) is 12.8 Å². The van der Waals surface area contributed by atoms with Crippen LogP contribution < -0.4 is 0 Å². The lowest BCUT2D eigenvalue weighted by atomic mass is 10.2. The van der Waals surface area contributed by atoms with Gasteiger partial charge in [0, 0.05) is 12.2 Å². The maximum atomic E-state index is 6.28. The summed E-state index contributed by atoms with van der Waals surface area (Å²) < 4.78 is 2.24. The summed E-state index contributed by atoms with van der Waals surface area (Å²) in [5, 5.41) is -0.0827. The van der Waals surface area contributed by atoms with Gasteiger partial charge >= 0.3 is 0 Å². The molecule has 2 aromatic rings. The molecule has 1 aliphatic rings. The van der Waals surface area contributed by atoms with Gasteiger partial charge in [0.15, 0.2) is 5.65 Å². The van der Waals surface area contributed by atoms with E-state index in [2.05, 4.69) is 27.5 Å². The molecule has 1 aliphatic carbocycles. The highest BCUT2D eigenvalue weighted by molar-refractivity contribution is 6.20. The first-order valence-corrected chi connectivity index (χ1v) is 7.00. The van der Waals surface area contributed by atoms with E-state index >= 15 is 0 Å². The molecular formula is C14H18ClN3. The second-order valence-electron chi connectivity index (χ2n) is 5.39. The van der Waals surface area contributed by atoms with Crippen LogP contribution in [0.4, 0.5) is 0 Å². The molecule has 3 rings (SSSR count). The third-order valence-corrected chi connectivity index (χ3v) is 3.96. The average molecular weight is 264 g/mol. The second-order valence-corrected chi connectivity index (χ2v) is 6.04. The molecule has 0 radical (unpaired) electrons. The van der Waals surface area contributed by atoms with Crippen LogP contribution in [0.5, 0.6) is 0 Å². The van der Waals surface area contributed by atoms with Gasteiger partial charge in [-0.25, -0.2) is 9.97 Å². The van der Waals surface area contributed by atoms with Crippen molar-refractivity contribution in [3.8, 4) is 0 Å². The fraction of sp³-hybridized carbons (Fsp3) is 0.571. The normalized spacial score (nSPS) is 19.1. The molecule has 2 aromatic heterocycles. The van der Waals surface area contributed by atoms with Crippen LogP contribution in [0.2, 0.25) is 0 Å². The highest BCUT2D eigenvalue weighted by Gasteiger charge is 2.32. The van der Waals surface area contributed by atoms with E-state index in [0.29, 0.717) is 6.04 Å². The summed E-state index contributed by atoms with van der Waals surface area (Å²) in [6, 6.07) is 2.53. The van der Waals surface area contributed by atoms with E-state index in [4.69, 9.17) is 11.6 Å². The molecule has 18 heavy (non-hydrogen) atoms. The first kappa shape index (κ1) is 12.0. The Morgan fingerprint density at radius 1 is 1.39 bits per heavy atom. The lowest BCUT2D eigenvalue weighted by Gasteiger charge is -2.17. The predicted molar refractivity (Wildman–Crippen MR) is 74.0 cm³/mol. The van der Waals surface area contributed by atoms with Gasteiger partial charge in [0.05, 0.1) is 5.38 Å². The van der Waals surface area contributed by atoms with Crippen molar-refractivity contribution < 1.29 is 0 Å². The summed E-state index contributed by atoms with van der Waals surface area (Å²) >= 11 is 6.28. The number of hydrogen-bond donors (Lipinski definition) is 0. The van der Waals surface area contributed by atoms with Crippen LogP contribution in [-0.4, -0.2) is 14.5 Å². The van der Waals surface area contributed by atoms with E-state index < -0.39 is 0 Å². The molecule has 0 bridgehead atoms. The number of alkyl halides is 1. The number of imidazole rings is 1. The number of aryl methyl sites for hydroxylation is 1. The maximum Gasteiger partial charge on any atom is 0.160 e. The number of halogens is 1. The van der Waals surface area contributed by atoms with Crippen molar-refractivity contribution >= 4 is 22.8 Å². The fourth-order valence-corrected chi connectivity index (χ4v) is 2.73. The summed E-state index contributed by atoms with van der Waals surface area (Å²) in [4.78, 5) is 9.23. The fourth-order valence-electron chi connectivity index (χ4n) is 2.57. The number of pyridine rings is 1. The Bertz CT molecular complexity index is 584. The monoisotopic (exact) mass is 263 g/mol. The molecule has 2 atom stereocenters. The number of hydrogen-bond acceptors (Lipinski definition) is 2. The Labute approximate surface area is 112 Å². The van der Waals surface area contributed by atoms with Crippen LogP contribution in [-0.2, 0) is 0 Å². The zero-order valence-corrected chi connectivity index (χ0v) is 11.8. The van der Waals surface area contributed by atoms with Crippen LogP contribution in [0.15, 0.2) is 12.3 Å². The quantitative estimate of drug-likeness (QED) is 0.784. The Morgan fingerprint density at radius 2 is 2.11 bits per heavy atom. The van der Waals surface area contributed by atoms with E-state index in [-0.39, 0.29) is 5.38 Å². The minimum Gasteiger partial charge on any atom is -0.308 e. The second kappa shape index (κ2) is 4.23. The van der Waals surface area contributed by atoms with Crippen LogP contribution in [0.25, 0.3) is 11.2 Å². The molecule has 0 aliphatic heterocycles. The molecule has 0 aromatic carbocycles. The number of rotatable bonds is 3. The van der Waals surface area contributed by atoms with Gasteiger partial charge in [-0.3, -0.25) is 0 Å². The highest BCUT2D eigenvalue weighted by atomic mass is 35.5. The van der Waals surface area contributed by atoms with Crippen LogP contribution in [0.3, 0.4) is 0 Å². The molecule has 0 spiro atoms. The average Bonchev–Trinajstić information content (AvgIpc) is 3.08. The van der Waals surface area contributed by atoms with Gasteiger partial charge in [0.25, 0.3) is 0 Å². The Balaban J connectivity index is 2.21. The van der Waals surface area contributed by atoms with Gasteiger partial charge < -0.3 is 4.57 Å². The van der Waals surface area contributed by atoms with Crippen LogP contribution in [0.1, 0.15) is 49.5 Å². The first-order valence-electron chi connectivity index (χ1n) is 6.56. The van der Waals surface area contributed by atoms with Gasteiger partial charge in [-0.15, -0.1) is 11.6 Å². The number of fused-ring (bicyclic) bond motifs is 1. The van der Waals surface area contributed by atoms with E-state index in [1.165, 1.54) is 12.8 Å². The number of nitrogens with zero attached hydrogens (tertiary/aromatic N) is 3. The molecule has 2 heterocycles. The van der Waals surface area contributed by atoms with Crippen molar-refractivity contribution in [3.63, 3.8) is 0 Å². The molecule has 3 nitrogen and oxygen atoms in total. The third-order valence-electron chi connectivity index (χ3n) is 3.76. The smallest absolute Gasteiger partial charge is 0.160 e. The highest BCUT2D eigenvalue weighted by Crippen LogP contribution is 2.42. The summed E-state index contributed by atoms with van der Waals surface area (Å²) in [6.45, 7) is 6.27. The molecule has 0 saturated heterocycles.